The predicted octanol–water partition coefficient (Wildman–Crippen LogP) is 4.87. The van der Waals surface area contributed by atoms with Crippen LogP contribution in [0.2, 0.25) is 0 Å². The van der Waals surface area contributed by atoms with Gasteiger partial charge in [-0.15, -0.1) is 11.3 Å². The van der Waals surface area contributed by atoms with Gasteiger partial charge >= 0.3 is 0 Å². The number of sulfonamides is 1. The van der Waals surface area contributed by atoms with Gasteiger partial charge in [0, 0.05) is 29.6 Å². The van der Waals surface area contributed by atoms with Crippen LogP contribution in [0.15, 0.2) is 45.1 Å². The zero-order valence-electron chi connectivity index (χ0n) is 18.9. The second-order valence-electron chi connectivity index (χ2n) is 8.35. The maximum Gasteiger partial charge on any atom is 0.248 e. The van der Waals surface area contributed by atoms with Crippen molar-refractivity contribution in [1.29, 1.82) is 0 Å². The summed E-state index contributed by atoms with van der Waals surface area (Å²) in [4.78, 5) is 13.8. The highest BCUT2D eigenvalue weighted by atomic mass is 32.2. The molecule has 0 atom stereocenters. The van der Waals surface area contributed by atoms with Gasteiger partial charge < -0.3 is 9.84 Å². The van der Waals surface area contributed by atoms with Crippen LogP contribution in [0.5, 0.6) is 0 Å². The molecule has 0 spiro atoms. The molecule has 0 saturated carbocycles. The first-order chi connectivity index (χ1) is 15.7. The first-order valence-corrected chi connectivity index (χ1v) is 13.1. The average molecular weight is 486 g/mol. The zero-order chi connectivity index (χ0) is 23.6. The standard InChI is InChI=1S/C24H27N3O4S2/c1-16-13-17(2)15-20(14-16)25-24(28)19-8-10-27(11-9-19)33(29,30)23-18(3)26-31-22(23)7-6-21-5-4-12-32-21/h4-7,12-15,19H,8-11H2,1-3H3,(H,25,28). The van der Waals surface area contributed by atoms with Crippen LogP contribution in [0, 0.1) is 26.7 Å². The van der Waals surface area contributed by atoms with Gasteiger partial charge in [0.2, 0.25) is 15.9 Å². The van der Waals surface area contributed by atoms with Crippen LogP contribution in [0.3, 0.4) is 0 Å². The second-order valence-corrected chi connectivity index (χ2v) is 11.2. The van der Waals surface area contributed by atoms with Crippen LogP contribution in [0.4, 0.5) is 5.69 Å². The largest absolute Gasteiger partial charge is 0.355 e. The quantitative estimate of drug-likeness (QED) is 0.538. The van der Waals surface area contributed by atoms with E-state index in [1.165, 1.54) is 4.31 Å². The van der Waals surface area contributed by atoms with Gasteiger partial charge in [-0.2, -0.15) is 4.31 Å². The summed E-state index contributed by atoms with van der Waals surface area (Å²) in [7, 11) is -3.79. The van der Waals surface area contributed by atoms with Crippen molar-refractivity contribution < 1.29 is 17.7 Å². The van der Waals surface area contributed by atoms with Crippen LogP contribution in [-0.4, -0.2) is 36.9 Å². The van der Waals surface area contributed by atoms with Crippen molar-refractivity contribution in [2.45, 2.75) is 38.5 Å². The number of carbonyl (C=O) groups excluding carboxylic acids is 1. The number of anilines is 1. The summed E-state index contributed by atoms with van der Waals surface area (Å²) in [6.07, 6.45) is 4.37. The van der Waals surface area contributed by atoms with Gasteiger partial charge in [0.15, 0.2) is 10.7 Å². The lowest BCUT2D eigenvalue weighted by molar-refractivity contribution is -0.120. The van der Waals surface area contributed by atoms with Crippen molar-refractivity contribution in [3.63, 3.8) is 0 Å². The summed E-state index contributed by atoms with van der Waals surface area (Å²) < 4.78 is 33.5. The van der Waals surface area contributed by atoms with Crippen LogP contribution in [0.25, 0.3) is 12.2 Å². The zero-order valence-corrected chi connectivity index (χ0v) is 20.5. The lowest BCUT2D eigenvalue weighted by Crippen LogP contribution is -2.41. The van der Waals surface area contributed by atoms with Crippen LogP contribution in [0.1, 0.15) is 40.3 Å². The van der Waals surface area contributed by atoms with E-state index < -0.39 is 10.0 Å². The molecule has 33 heavy (non-hydrogen) atoms. The lowest BCUT2D eigenvalue weighted by atomic mass is 9.97. The van der Waals surface area contributed by atoms with E-state index in [9.17, 15) is 13.2 Å². The van der Waals surface area contributed by atoms with Gasteiger partial charge in [0.25, 0.3) is 0 Å². The molecule has 0 unspecified atom stereocenters. The Kier molecular flexibility index (Phi) is 6.83. The van der Waals surface area contributed by atoms with Crippen LogP contribution in [-0.2, 0) is 14.8 Å². The minimum atomic E-state index is -3.79. The first-order valence-electron chi connectivity index (χ1n) is 10.8. The number of nitrogens with zero attached hydrogens (tertiary/aromatic N) is 2. The van der Waals surface area contributed by atoms with E-state index in [0.717, 1.165) is 21.7 Å². The highest BCUT2D eigenvalue weighted by Crippen LogP contribution is 2.30. The topological polar surface area (TPSA) is 92.5 Å². The van der Waals surface area contributed by atoms with Crippen molar-refractivity contribution in [2.24, 2.45) is 5.92 Å². The van der Waals surface area contributed by atoms with E-state index >= 15 is 0 Å². The number of hydrogen-bond donors (Lipinski definition) is 1. The van der Waals surface area contributed by atoms with Gasteiger partial charge in [-0.1, -0.05) is 17.3 Å². The molecule has 1 saturated heterocycles. The number of piperidine rings is 1. The normalized spacial score (nSPS) is 15.8. The van der Waals surface area contributed by atoms with Gasteiger partial charge in [-0.05, 0) is 80.5 Å². The Morgan fingerprint density at radius 2 is 1.85 bits per heavy atom. The molecule has 2 aromatic heterocycles. The molecule has 3 aromatic rings. The van der Waals surface area contributed by atoms with Crippen molar-refractivity contribution in [1.82, 2.24) is 9.46 Å². The van der Waals surface area contributed by atoms with Gasteiger partial charge in [0.1, 0.15) is 5.69 Å². The number of thiophene rings is 1. The molecule has 9 heteroatoms. The van der Waals surface area contributed by atoms with Crippen molar-refractivity contribution >= 4 is 45.1 Å². The molecule has 1 aromatic carbocycles. The lowest BCUT2D eigenvalue weighted by Gasteiger charge is -2.30. The van der Waals surface area contributed by atoms with Crippen molar-refractivity contribution in [3.8, 4) is 0 Å². The summed E-state index contributed by atoms with van der Waals surface area (Å²) >= 11 is 1.55. The Hall–Kier alpha value is -2.75. The number of aromatic nitrogens is 1. The predicted molar refractivity (Wildman–Crippen MR) is 131 cm³/mol. The fourth-order valence-corrected chi connectivity index (χ4v) is 6.46. The molecule has 3 heterocycles. The minimum absolute atomic E-state index is 0.0715. The number of nitrogens with one attached hydrogen (secondary N) is 1. The third-order valence-electron chi connectivity index (χ3n) is 5.69. The first kappa shape index (κ1) is 23.4. The minimum Gasteiger partial charge on any atom is -0.355 e. The fraction of sp³-hybridized carbons (Fsp3) is 0.333. The maximum atomic E-state index is 13.4. The highest BCUT2D eigenvalue weighted by molar-refractivity contribution is 7.89. The van der Waals surface area contributed by atoms with Crippen LogP contribution >= 0.6 is 11.3 Å². The molecule has 174 valence electrons. The SMILES string of the molecule is Cc1cc(C)cc(NC(=O)C2CCN(S(=O)(=O)c3c(C)noc3C=Cc3cccs3)CC2)c1. The number of carbonyl (C=O) groups is 1. The Morgan fingerprint density at radius 3 is 2.48 bits per heavy atom. The van der Waals surface area contributed by atoms with E-state index in [-0.39, 0.29) is 35.6 Å². The molecule has 1 amide bonds. The molecule has 1 fully saturated rings. The Morgan fingerprint density at radius 1 is 1.15 bits per heavy atom. The summed E-state index contributed by atoms with van der Waals surface area (Å²) in [6.45, 7) is 6.14. The summed E-state index contributed by atoms with van der Waals surface area (Å²) in [5.74, 6) is -0.0904. The summed E-state index contributed by atoms with van der Waals surface area (Å²) in [5.41, 5.74) is 3.27. The number of amides is 1. The van der Waals surface area contributed by atoms with Gasteiger partial charge in [0.05, 0.1) is 0 Å². The molecule has 1 aliphatic heterocycles. The average Bonchev–Trinajstić information content (AvgIpc) is 3.41. The molecule has 4 rings (SSSR count). The molecule has 1 N–H and O–H groups in total. The van der Waals surface area contributed by atoms with E-state index in [4.69, 9.17) is 4.52 Å². The molecule has 0 radical (unpaired) electrons. The van der Waals surface area contributed by atoms with Gasteiger partial charge in [-0.25, -0.2) is 8.42 Å². The third-order valence-corrected chi connectivity index (χ3v) is 8.58. The molecule has 0 aliphatic carbocycles. The number of aryl methyl sites for hydroxylation is 3. The second kappa shape index (κ2) is 9.62. The van der Waals surface area contributed by atoms with E-state index in [2.05, 4.69) is 16.5 Å². The third kappa shape index (κ3) is 5.26. The number of rotatable bonds is 6. The summed E-state index contributed by atoms with van der Waals surface area (Å²) in [6, 6.07) is 9.78. The smallest absolute Gasteiger partial charge is 0.248 e. The molecular weight excluding hydrogens is 458 g/mol. The fourth-order valence-electron chi connectivity index (χ4n) is 4.12. The van der Waals surface area contributed by atoms with Crippen molar-refractivity contribution in [3.05, 3.63) is 63.2 Å². The van der Waals surface area contributed by atoms with Crippen LogP contribution < -0.4 is 5.32 Å². The number of hydrogen-bond acceptors (Lipinski definition) is 6. The summed E-state index contributed by atoms with van der Waals surface area (Å²) in [5, 5.41) is 8.82. The number of benzene rings is 1. The Balaban J connectivity index is 1.44. The van der Waals surface area contributed by atoms with E-state index in [1.54, 1.807) is 24.3 Å². The van der Waals surface area contributed by atoms with Crippen molar-refractivity contribution in [2.75, 3.05) is 18.4 Å². The monoisotopic (exact) mass is 485 g/mol. The van der Waals surface area contributed by atoms with E-state index in [0.29, 0.717) is 18.5 Å². The molecular formula is C24H27N3O4S2. The molecule has 7 nitrogen and oxygen atoms in total. The van der Waals surface area contributed by atoms with E-state index in [1.807, 2.05) is 49.6 Å². The highest BCUT2D eigenvalue weighted by Gasteiger charge is 2.36. The maximum absolute atomic E-state index is 13.4. The molecule has 1 aliphatic rings. The van der Waals surface area contributed by atoms with Gasteiger partial charge in [-0.3, -0.25) is 4.79 Å². The Labute approximate surface area is 198 Å². The molecule has 0 bridgehead atoms. The Bertz CT molecular complexity index is 1250.